The zero-order valence-corrected chi connectivity index (χ0v) is 9.37. The monoisotopic (exact) mass is 200 g/mol. The van der Waals surface area contributed by atoms with Gasteiger partial charge < -0.3 is 16.0 Å². The van der Waals surface area contributed by atoms with Crippen molar-refractivity contribution in [3.8, 4) is 0 Å². The summed E-state index contributed by atoms with van der Waals surface area (Å²) in [6.45, 7) is 5.02. The highest BCUT2D eigenvalue weighted by atomic mass is 16.2. The summed E-state index contributed by atoms with van der Waals surface area (Å²) in [4.78, 5) is 16.7. The van der Waals surface area contributed by atoms with E-state index in [1.165, 1.54) is 4.90 Å². The van der Waals surface area contributed by atoms with Gasteiger partial charge in [0, 0.05) is 26.6 Å². The normalized spacial score (nSPS) is 11.6. The van der Waals surface area contributed by atoms with Gasteiger partial charge in [0.2, 0.25) is 0 Å². The maximum atomic E-state index is 11.1. The minimum absolute atomic E-state index is 0.108. The van der Waals surface area contributed by atoms with E-state index in [1.807, 2.05) is 13.8 Å². The van der Waals surface area contributed by atoms with Crippen molar-refractivity contribution in [2.24, 2.45) is 16.6 Å². The summed E-state index contributed by atoms with van der Waals surface area (Å²) < 4.78 is 0. The molecule has 0 unspecified atom stereocenters. The molecule has 0 saturated heterocycles. The number of aliphatic imine (C=N–C) groups is 1. The van der Waals surface area contributed by atoms with E-state index in [0.29, 0.717) is 18.9 Å². The van der Waals surface area contributed by atoms with Crippen molar-refractivity contribution in [3.63, 3.8) is 0 Å². The van der Waals surface area contributed by atoms with E-state index in [2.05, 4.69) is 10.3 Å². The van der Waals surface area contributed by atoms with E-state index >= 15 is 0 Å². The van der Waals surface area contributed by atoms with Crippen molar-refractivity contribution >= 4 is 11.9 Å². The summed E-state index contributed by atoms with van der Waals surface area (Å²) in [5.74, 6) is 0.892. The maximum absolute atomic E-state index is 11.1. The zero-order chi connectivity index (χ0) is 11.1. The van der Waals surface area contributed by atoms with E-state index in [9.17, 15) is 4.79 Å². The van der Waals surface area contributed by atoms with Gasteiger partial charge in [-0.2, -0.15) is 0 Å². The lowest BCUT2D eigenvalue weighted by Crippen LogP contribution is -2.36. The Bertz CT molecular complexity index is 211. The fourth-order valence-corrected chi connectivity index (χ4v) is 0.689. The van der Waals surface area contributed by atoms with Crippen LogP contribution in [-0.4, -0.2) is 44.0 Å². The molecule has 5 nitrogen and oxygen atoms in total. The summed E-state index contributed by atoms with van der Waals surface area (Å²) in [7, 11) is 3.39. The highest BCUT2D eigenvalue weighted by Crippen LogP contribution is 1.90. The van der Waals surface area contributed by atoms with Crippen LogP contribution < -0.4 is 11.1 Å². The Morgan fingerprint density at radius 3 is 2.50 bits per heavy atom. The fourth-order valence-electron chi connectivity index (χ4n) is 0.689. The van der Waals surface area contributed by atoms with Crippen molar-refractivity contribution < 1.29 is 4.79 Å². The maximum Gasteiger partial charge on any atom is 0.316 e. The van der Waals surface area contributed by atoms with E-state index in [-0.39, 0.29) is 11.9 Å². The van der Waals surface area contributed by atoms with E-state index in [1.54, 1.807) is 14.1 Å². The Morgan fingerprint density at radius 2 is 2.07 bits per heavy atom. The standard InChI is InChI=1S/C9H20N4O/c1-7(2)8(10)11-5-6-12-9(14)13(3)4/h7H,5-6H2,1-4H3,(H2,10,11)(H,12,14). The molecule has 0 aliphatic rings. The van der Waals surface area contributed by atoms with Gasteiger partial charge in [0.15, 0.2) is 0 Å². The molecule has 0 aromatic heterocycles. The first kappa shape index (κ1) is 12.7. The van der Waals surface area contributed by atoms with Crippen molar-refractivity contribution in [3.05, 3.63) is 0 Å². The molecule has 0 aromatic rings. The second kappa shape index (κ2) is 6.23. The van der Waals surface area contributed by atoms with E-state index < -0.39 is 0 Å². The van der Waals surface area contributed by atoms with Gasteiger partial charge in [-0.3, -0.25) is 4.99 Å². The summed E-state index contributed by atoms with van der Waals surface area (Å²) >= 11 is 0. The van der Waals surface area contributed by atoms with Gasteiger partial charge in [0.05, 0.1) is 12.4 Å². The van der Waals surface area contributed by atoms with E-state index in [0.717, 1.165) is 0 Å². The van der Waals surface area contributed by atoms with Crippen molar-refractivity contribution in [1.82, 2.24) is 10.2 Å². The summed E-state index contributed by atoms with van der Waals surface area (Å²) in [5, 5.41) is 2.70. The molecule has 0 saturated carbocycles. The zero-order valence-electron chi connectivity index (χ0n) is 9.37. The van der Waals surface area contributed by atoms with Gasteiger partial charge in [0.25, 0.3) is 0 Å². The molecule has 0 rings (SSSR count). The van der Waals surface area contributed by atoms with Crippen LogP contribution in [0.15, 0.2) is 4.99 Å². The number of carbonyl (C=O) groups is 1. The molecule has 14 heavy (non-hydrogen) atoms. The van der Waals surface area contributed by atoms with E-state index in [4.69, 9.17) is 5.73 Å². The van der Waals surface area contributed by atoms with Crippen LogP contribution in [0.5, 0.6) is 0 Å². The smallest absolute Gasteiger partial charge is 0.316 e. The minimum atomic E-state index is -0.108. The Balaban J connectivity index is 3.66. The number of nitrogens with one attached hydrogen (secondary N) is 1. The molecule has 0 aromatic carbocycles. The third-order valence-corrected chi connectivity index (χ3v) is 1.68. The number of nitrogens with zero attached hydrogens (tertiary/aromatic N) is 2. The highest BCUT2D eigenvalue weighted by Gasteiger charge is 2.01. The molecule has 2 amide bonds. The molecule has 0 atom stereocenters. The molecular formula is C9H20N4O. The number of hydrogen-bond acceptors (Lipinski definition) is 2. The number of nitrogens with two attached hydrogens (primary N) is 1. The Hall–Kier alpha value is -1.26. The predicted octanol–water partition coefficient (Wildman–Crippen LogP) is 0.271. The average Bonchev–Trinajstić information content (AvgIpc) is 2.11. The Morgan fingerprint density at radius 1 is 1.50 bits per heavy atom. The summed E-state index contributed by atoms with van der Waals surface area (Å²) in [6.07, 6.45) is 0. The number of amides is 2. The molecule has 0 heterocycles. The van der Waals surface area contributed by atoms with Gasteiger partial charge in [-0.15, -0.1) is 0 Å². The van der Waals surface area contributed by atoms with Crippen LogP contribution in [-0.2, 0) is 0 Å². The highest BCUT2D eigenvalue weighted by molar-refractivity contribution is 5.82. The van der Waals surface area contributed by atoms with Crippen LogP contribution in [0.2, 0.25) is 0 Å². The van der Waals surface area contributed by atoms with Crippen molar-refractivity contribution in [2.45, 2.75) is 13.8 Å². The molecule has 3 N–H and O–H groups in total. The van der Waals surface area contributed by atoms with Crippen LogP contribution in [0, 0.1) is 5.92 Å². The molecule has 0 aliphatic carbocycles. The first-order valence-corrected chi connectivity index (χ1v) is 4.70. The van der Waals surface area contributed by atoms with Crippen LogP contribution in [0.1, 0.15) is 13.8 Å². The average molecular weight is 200 g/mol. The van der Waals surface area contributed by atoms with Crippen molar-refractivity contribution in [2.75, 3.05) is 27.2 Å². The molecule has 0 bridgehead atoms. The van der Waals surface area contributed by atoms with Gasteiger partial charge in [-0.05, 0) is 0 Å². The first-order valence-electron chi connectivity index (χ1n) is 4.70. The number of carbonyl (C=O) groups excluding carboxylic acids is 1. The topological polar surface area (TPSA) is 70.7 Å². The third-order valence-electron chi connectivity index (χ3n) is 1.68. The SMILES string of the molecule is CC(C)C(N)=NCCNC(=O)N(C)C. The van der Waals surface area contributed by atoms with Gasteiger partial charge in [-0.1, -0.05) is 13.8 Å². The Kier molecular flexibility index (Phi) is 5.67. The number of rotatable bonds is 4. The lowest BCUT2D eigenvalue weighted by atomic mass is 10.2. The lowest BCUT2D eigenvalue weighted by Gasteiger charge is -2.11. The number of amidine groups is 1. The summed E-state index contributed by atoms with van der Waals surface area (Å²) in [5.41, 5.74) is 5.62. The van der Waals surface area contributed by atoms with Gasteiger partial charge >= 0.3 is 6.03 Å². The fraction of sp³-hybridized carbons (Fsp3) is 0.778. The molecule has 0 radical (unpaired) electrons. The molecular weight excluding hydrogens is 180 g/mol. The van der Waals surface area contributed by atoms with Crippen LogP contribution >= 0.6 is 0 Å². The van der Waals surface area contributed by atoms with Gasteiger partial charge in [-0.25, -0.2) is 4.79 Å². The largest absolute Gasteiger partial charge is 0.387 e. The molecule has 82 valence electrons. The lowest BCUT2D eigenvalue weighted by molar-refractivity contribution is 0.218. The molecule has 0 aliphatic heterocycles. The van der Waals surface area contributed by atoms with Crippen LogP contribution in [0.4, 0.5) is 4.79 Å². The molecule has 0 spiro atoms. The van der Waals surface area contributed by atoms with Gasteiger partial charge in [0.1, 0.15) is 0 Å². The summed E-state index contributed by atoms with van der Waals surface area (Å²) in [6, 6.07) is -0.108. The molecule has 5 heteroatoms. The number of urea groups is 1. The minimum Gasteiger partial charge on any atom is -0.387 e. The second-order valence-corrected chi connectivity index (χ2v) is 3.59. The second-order valence-electron chi connectivity index (χ2n) is 3.59. The van der Waals surface area contributed by atoms with Crippen molar-refractivity contribution in [1.29, 1.82) is 0 Å². The van der Waals surface area contributed by atoms with Crippen LogP contribution in [0.25, 0.3) is 0 Å². The Labute approximate surface area is 85.4 Å². The quantitative estimate of drug-likeness (QED) is 0.388. The number of hydrogen-bond donors (Lipinski definition) is 2. The molecule has 0 fully saturated rings. The van der Waals surface area contributed by atoms with Crippen LogP contribution in [0.3, 0.4) is 0 Å². The third kappa shape index (κ3) is 5.40. The predicted molar refractivity (Wildman–Crippen MR) is 58.4 cm³/mol. The first-order chi connectivity index (χ1) is 6.45.